The molecule has 0 saturated carbocycles. The number of nitrogens with one attached hydrogen (secondary N) is 1. The molecule has 2 aromatic carbocycles. The number of sulfonamides is 1. The van der Waals surface area contributed by atoms with Gasteiger partial charge in [0.15, 0.2) is 0 Å². The van der Waals surface area contributed by atoms with Crippen LogP contribution < -0.4 is 9.62 Å². The molecule has 0 amide bonds. The second kappa shape index (κ2) is 6.44. The molecule has 2 N–H and O–H groups in total. The Morgan fingerprint density at radius 2 is 1.61 bits per heavy atom. The van der Waals surface area contributed by atoms with E-state index in [1.165, 1.54) is 6.07 Å². The molecule has 0 bridgehead atoms. The van der Waals surface area contributed by atoms with Crippen LogP contribution in [-0.2, 0) is 20.1 Å². The van der Waals surface area contributed by atoms with Crippen molar-refractivity contribution < 1.29 is 21.4 Å². The fourth-order valence-corrected chi connectivity index (χ4v) is 4.01. The first-order chi connectivity index (χ1) is 10.6. The molecular weight excluding hydrogens is 340 g/mol. The topological polar surface area (TPSA) is 104 Å². The highest BCUT2D eigenvalue weighted by atomic mass is 32.2. The van der Waals surface area contributed by atoms with E-state index in [1.54, 1.807) is 18.2 Å². The van der Waals surface area contributed by atoms with Crippen molar-refractivity contribution >= 4 is 36.6 Å². The van der Waals surface area contributed by atoms with Crippen molar-refractivity contribution in [1.82, 2.24) is 4.72 Å². The number of nitrogens with zero attached hydrogens (tertiary/aromatic N) is 1. The number of hydrogen-bond donors (Lipinski definition) is 2. The normalized spacial score (nSPS) is 12.5. The second-order valence-corrected chi connectivity index (χ2v) is 8.51. The Morgan fingerprint density at radius 1 is 1.00 bits per heavy atom. The fraction of sp³-hybridized carbons (Fsp3) is 0.286. The van der Waals surface area contributed by atoms with Gasteiger partial charge in [-0.15, -0.1) is 0 Å². The van der Waals surface area contributed by atoms with Crippen LogP contribution in [0.25, 0.3) is 10.8 Å². The first-order valence-corrected chi connectivity index (χ1v) is 9.85. The Balaban J connectivity index is 2.45. The van der Waals surface area contributed by atoms with E-state index in [0.29, 0.717) is 5.39 Å². The minimum Gasteiger partial charge on any atom is -0.377 e. The molecular formula is C14H18N2O5S2. The molecule has 0 spiro atoms. The molecule has 126 valence electrons. The standard InChI is InChI=1S/C14H18N2O5S2/c1-16(2)13-7-3-6-12-11(13)5-4-8-14(12)23(20,21)15-9-10-22(17,18)19/h3-8,15H,9-10H2,1-2H3,(H,17,18,19). The van der Waals surface area contributed by atoms with Crippen molar-refractivity contribution in [3.63, 3.8) is 0 Å². The zero-order chi connectivity index (χ0) is 17.3. The van der Waals surface area contributed by atoms with Gasteiger partial charge in [-0.2, -0.15) is 8.42 Å². The molecule has 0 heterocycles. The van der Waals surface area contributed by atoms with Crippen molar-refractivity contribution in [3.8, 4) is 0 Å². The van der Waals surface area contributed by atoms with Gasteiger partial charge in [0.05, 0.1) is 10.6 Å². The van der Waals surface area contributed by atoms with E-state index in [0.717, 1.165) is 11.1 Å². The number of fused-ring (bicyclic) bond motifs is 1. The maximum Gasteiger partial charge on any atom is 0.266 e. The van der Waals surface area contributed by atoms with Crippen LogP contribution in [0.4, 0.5) is 5.69 Å². The van der Waals surface area contributed by atoms with Crippen LogP contribution in [0.3, 0.4) is 0 Å². The first kappa shape index (κ1) is 17.7. The Hall–Kier alpha value is -1.68. The van der Waals surface area contributed by atoms with Gasteiger partial charge in [-0.1, -0.05) is 24.3 Å². The van der Waals surface area contributed by atoms with Crippen LogP contribution in [0.2, 0.25) is 0 Å². The second-order valence-electron chi connectivity index (χ2n) is 5.21. The summed E-state index contributed by atoms with van der Waals surface area (Å²) < 4.78 is 57.1. The third-order valence-electron chi connectivity index (χ3n) is 3.28. The van der Waals surface area contributed by atoms with Crippen LogP contribution in [-0.4, -0.2) is 47.8 Å². The SMILES string of the molecule is CN(C)c1cccc2c(S(=O)(=O)NCCS(=O)(=O)O)cccc12. The van der Waals surface area contributed by atoms with Crippen LogP contribution >= 0.6 is 0 Å². The van der Waals surface area contributed by atoms with Crippen LogP contribution in [0.1, 0.15) is 0 Å². The van der Waals surface area contributed by atoms with Gasteiger partial charge in [-0.3, -0.25) is 4.55 Å². The van der Waals surface area contributed by atoms with Gasteiger partial charge in [-0.05, 0) is 12.1 Å². The molecule has 0 aromatic heterocycles. The Morgan fingerprint density at radius 3 is 2.22 bits per heavy atom. The molecule has 7 nitrogen and oxygen atoms in total. The lowest BCUT2D eigenvalue weighted by atomic mass is 10.1. The van der Waals surface area contributed by atoms with E-state index in [4.69, 9.17) is 4.55 Å². The summed E-state index contributed by atoms with van der Waals surface area (Å²) in [6, 6.07) is 10.2. The molecule has 0 saturated heterocycles. The summed E-state index contributed by atoms with van der Waals surface area (Å²) in [5.74, 6) is -0.681. The number of benzene rings is 2. The third-order valence-corrected chi connectivity index (χ3v) is 5.52. The lowest BCUT2D eigenvalue weighted by Gasteiger charge is -2.17. The number of hydrogen-bond acceptors (Lipinski definition) is 5. The predicted molar refractivity (Wildman–Crippen MR) is 89.9 cm³/mol. The average Bonchev–Trinajstić information content (AvgIpc) is 2.44. The highest BCUT2D eigenvalue weighted by Gasteiger charge is 2.19. The van der Waals surface area contributed by atoms with Crippen LogP contribution in [0, 0.1) is 0 Å². The zero-order valence-corrected chi connectivity index (χ0v) is 14.4. The highest BCUT2D eigenvalue weighted by Crippen LogP contribution is 2.29. The van der Waals surface area contributed by atoms with Crippen molar-refractivity contribution in [2.24, 2.45) is 0 Å². The maximum atomic E-state index is 12.4. The Kier molecular flexibility index (Phi) is 4.95. The van der Waals surface area contributed by atoms with Gasteiger partial charge in [0.2, 0.25) is 10.0 Å². The van der Waals surface area contributed by atoms with E-state index < -0.39 is 32.4 Å². The molecule has 0 unspecified atom stereocenters. The lowest BCUT2D eigenvalue weighted by molar-refractivity contribution is 0.482. The number of anilines is 1. The minimum absolute atomic E-state index is 0.0639. The summed E-state index contributed by atoms with van der Waals surface area (Å²) in [6.07, 6.45) is 0. The summed E-state index contributed by atoms with van der Waals surface area (Å²) in [7, 11) is -4.40. The molecule has 0 aliphatic rings. The number of rotatable bonds is 6. The molecule has 0 atom stereocenters. The molecule has 2 rings (SSSR count). The maximum absolute atomic E-state index is 12.4. The van der Waals surface area contributed by atoms with E-state index in [9.17, 15) is 16.8 Å². The summed E-state index contributed by atoms with van der Waals surface area (Å²) >= 11 is 0. The van der Waals surface area contributed by atoms with Gasteiger partial charge in [0.1, 0.15) is 0 Å². The molecule has 0 aliphatic carbocycles. The van der Waals surface area contributed by atoms with Crippen molar-refractivity contribution in [2.45, 2.75) is 4.90 Å². The summed E-state index contributed by atoms with van der Waals surface area (Å²) in [4.78, 5) is 1.94. The van der Waals surface area contributed by atoms with Gasteiger partial charge in [0, 0.05) is 37.1 Å². The predicted octanol–water partition coefficient (Wildman–Crippen LogP) is 1.07. The Bertz CT molecular complexity index is 921. The van der Waals surface area contributed by atoms with Gasteiger partial charge >= 0.3 is 0 Å². The largest absolute Gasteiger partial charge is 0.377 e. The van der Waals surface area contributed by atoms with Gasteiger partial charge in [0.25, 0.3) is 10.1 Å². The van der Waals surface area contributed by atoms with E-state index in [-0.39, 0.29) is 4.90 Å². The smallest absolute Gasteiger partial charge is 0.266 e. The summed E-state index contributed by atoms with van der Waals surface area (Å²) in [5, 5.41) is 1.31. The first-order valence-electron chi connectivity index (χ1n) is 6.76. The summed E-state index contributed by atoms with van der Waals surface area (Å²) in [5.41, 5.74) is 0.873. The minimum atomic E-state index is -4.22. The van der Waals surface area contributed by atoms with Crippen molar-refractivity contribution in [2.75, 3.05) is 31.3 Å². The van der Waals surface area contributed by atoms with E-state index in [2.05, 4.69) is 4.72 Å². The summed E-state index contributed by atoms with van der Waals surface area (Å²) in [6.45, 7) is -0.398. The lowest BCUT2D eigenvalue weighted by Crippen LogP contribution is -2.29. The fourth-order valence-electron chi connectivity index (χ4n) is 2.27. The molecule has 23 heavy (non-hydrogen) atoms. The zero-order valence-electron chi connectivity index (χ0n) is 12.7. The Labute approximate surface area is 135 Å². The van der Waals surface area contributed by atoms with Crippen molar-refractivity contribution in [1.29, 1.82) is 0 Å². The van der Waals surface area contributed by atoms with Crippen molar-refractivity contribution in [3.05, 3.63) is 36.4 Å². The third kappa shape index (κ3) is 4.20. The quantitative estimate of drug-likeness (QED) is 0.749. The molecule has 9 heteroatoms. The monoisotopic (exact) mass is 358 g/mol. The highest BCUT2D eigenvalue weighted by molar-refractivity contribution is 7.90. The van der Waals surface area contributed by atoms with E-state index >= 15 is 0 Å². The molecule has 2 aromatic rings. The average molecular weight is 358 g/mol. The van der Waals surface area contributed by atoms with E-state index in [1.807, 2.05) is 31.1 Å². The molecule has 0 radical (unpaired) electrons. The van der Waals surface area contributed by atoms with Gasteiger partial charge < -0.3 is 4.90 Å². The molecule has 0 fully saturated rings. The van der Waals surface area contributed by atoms with Crippen LogP contribution in [0.15, 0.2) is 41.3 Å². The van der Waals surface area contributed by atoms with Crippen LogP contribution in [0.5, 0.6) is 0 Å². The molecule has 0 aliphatic heterocycles. The van der Waals surface area contributed by atoms with Gasteiger partial charge in [-0.25, -0.2) is 13.1 Å².